The normalized spacial score (nSPS) is 18.1. The van der Waals surface area contributed by atoms with Gasteiger partial charge < -0.3 is 38.4 Å². The van der Waals surface area contributed by atoms with Crippen LogP contribution in [0.5, 0.6) is 11.5 Å². The fourth-order valence-corrected chi connectivity index (χ4v) is 9.74. The lowest BCUT2D eigenvalue weighted by Gasteiger charge is -2.39. The quantitative estimate of drug-likeness (QED) is 0.0452. The molecule has 0 aliphatic carbocycles. The highest BCUT2D eigenvalue weighted by Gasteiger charge is 2.50. The van der Waals surface area contributed by atoms with Crippen molar-refractivity contribution in [3.63, 3.8) is 0 Å². The van der Waals surface area contributed by atoms with Crippen LogP contribution in [0, 0.1) is 18.3 Å². The van der Waals surface area contributed by atoms with E-state index in [9.17, 15) is 15.2 Å². The largest absolute Gasteiger partial charge is 0.497 e. The summed E-state index contributed by atoms with van der Waals surface area (Å²) < 4.78 is 42.4. The third-order valence-corrected chi connectivity index (χ3v) is 13.0. The number of carbonyl (C=O) groups is 1. The van der Waals surface area contributed by atoms with E-state index < -0.39 is 38.7 Å². The minimum absolute atomic E-state index is 0.0178. The predicted molar refractivity (Wildman–Crippen MR) is 243 cm³/mol. The summed E-state index contributed by atoms with van der Waals surface area (Å²) in [4.78, 5) is 27.2. The second-order valence-corrected chi connectivity index (χ2v) is 17.2. The lowest BCUT2D eigenvalue weighted by molar-refractivity contribution is -0.0928. The number of fused-ring (bicyclic) bond motifs is 1. The zero-order valence-electron chi connectivity index (χ0n) is 37.0. The average molecular weight is 888 g/mol. The molecule has 16 heteroatoms. The van der Waals surface area contributed by atoms with Crippen molar-refractivity contribution in [1.29, 1.82) is 5.26 Å². The summed E-state index contributed by atoms with van der Waals surface area (Å²) in [5.41, 5.74) is 2.32. The van der Waals surface area contributed by atoms with E-state index >= 15 is 0 Å². The third kappa shape index (κ3) is 9.79. The minimum atomic E-state index is -1.85. The number of carbonyl (C=O) groups excluding carboxylic acids is 1. The maximum Gasteiger partial charge on any atom is 0.259 e. The number of amides is 1. The Labute approximate surface area is 374 Å². The maximum atomic E-state index is 13.3. The summed E-state index contributed by atoms with van der Waals surface area (Å²) in [6.07, 6.45) is -2.69. The Morgan fingerprint density at radius 3 is 2.03 bits per heavy atom. The van der Waals surface area contributed by atoms with Crippen LogP contribution in [0.4, 0.5) is 5.82 Å². The first kappa shape index (κ1) is 46.2. The number of methoxy groups -OCH3 is 2. The number of aromatic nitrogens is 4. The number of anilines is 1. The minimum Gasteiger partial charge on any atom is -0.497 e. The van der Waals surface area contributed by atoms with Crippen molar-refractivity contribution in [1.82, 2.24) is 24.2 Å². The van der Waals surface area contributed by atoms with E-state index in [0.29, 0.717) is 34.1 Å². The van der Waals surface area contributed by atoms with Gasteiger partial charge in [-0.2, -0.15) is 5.26 Å². The number of ether oxygens (including phenoxy) is 4. The first-order valence-corrected chi connectivity index (χ1v) is 22.3. The van der Waals surface area contributed by atoms with E-state index in [1.54, 1.807) is 50.0 Å². The molecule has 334 valence electrons. The molecular weight excluding hydrogens is 834 g/mol. The van der Waals surface area contributed by atoms with E-state index in [1.165, 1.54) is 6.33 Å². The van der Waals surface area contributed by atoms with Crippen LogP contribution in [0.2, 0.25) is 0 Å². The van der Waals surface area contributed by atoms with Gasteiger partial charge in [0.2, 0.25) is 0 Å². The molecule has 15 nitrogen and oxygen atoms in total. The molecule has 0 spiro atoms. The highest BCUT2D eigenvalue weighted by molar-refractivity contribution is 7.44. The van der Waals surface area contributed by atoms with E-state index in [0.717, 1.165) is 16.7 Å². The molecule has 0 bridgehead atoms. The number of aliphatic hydroxyl groups is 1. The molecule has 64 heavy (non-hydrogen) atoms. The topological polar surface area (TPSA) is 175 Å². The first-order valence-electron chi connectivity index (χ1n) is 21.1. The summed E-state index contributed by atoms with van der Waals surface area (Å²) in [7, 11) is 1.39. The van der Waals surface area contributed by atoms with Gasteiger partial charge in [-0.15, -0.1) is 0 Å². The smallest absolute Gasteiger partial charge is 0.259 e. The Morgan fingerprint density at radius 1 is 0.891 bits per heavy atom. The summed E-state index contributed by atoms with van der Waals surface area (Å²) >= 11 is 0. The van der Waals surface area contributed by atoms with Crippen LogP contribution in [0.15, 0.2) is 116 Å². The molecule has 1 aliphatic rings. The molecule has 1 unspecified atom stereocenters. The number of hydrogen-bond acceptors (Lipinski definition) is 13. The molecule has 7 rings (SSSR count). The Morgan fingerprint density at radius 2 is 1.47 bits per heavy atom. The number of rotatable bonds is 19. The standard InChI is InChI=1S/C48H54N7O8P/c1-31(2)55(32(3)4)64(61-28-14-27-49)63-43-40(62-47(42(43)56)54-30-50-41-44(51-33(5)52-45(41)54)53-46(57)34-15-10-8-11-16-34)29-60-48(35-17-12-9-13-18-35,36-19-23-38(58-6)24-20-36)37-21-25-39(59-7)26-22-37/h8-13,15-26,30-32,40,42-43,47,56H,14,28-29H2,1-7H3,(H,51,52,53,57)/t40-,42-,43-,47-,64?/m1/s1. The molecular formula is C48H54N7O8P. The second kappa shape index (κ2) is 20.8. The van der Waals surface area contributed by atoms with Crippen molar-refractivity contribution >= 4 is 31.4 Å². The van der Waals surface area contributed by atoms with Crippen LogP contribution >= 0.6 is 8.53 Å². The van der Waals surface area contributed by atoms with Crippen molar-refractivity contribution in [2.45, 2.75) is 83.3 Å². The van der Waals surface area contributed by atoms with E-state index in [-0.39, 0.29) is 43.4 Å². The van der Waals surface area contributed by atoms with Gasteiger partial charge >= 0.3 is 0 Å². The number of nitrogens with one attached hydrogen (secondary N) is 1. The molecule has 2 aromatic heterocycles. The Bertz CT molecular complexity index is 2450. The summed E-state index contributed by atoms with van der Waals surface area (Å²) in [5, 5.41) is 24.9. The predicted octanol–water partition coefficient (Wildman–Crippen LogP) is 8.33. The van der Waals surface area contributed by atoms with Gasteiger partial charge in [-0.25, -0.2) is 19.6 Å². The fourth-order valence-electron chi connectivity index (χ4n) is 7.96. The van der Waals surface area contributed by atoms with Gasteiger partial charge in [0, 0.05) is 17.6 Å². The van der Waals surface area contributed by atoms with Gasteiger partial charge in [-0.05, 0) is 87.7 Å². The van der Waals surface area contributed by atoms with Gasteiger partial charge in [0.05, 0.1) is 46.3 Å². The van der Waals surface area contributed by atoms with Crippen LogP contribution in [0.1, 0.15) is 73.2 Å². The van der Waals surface area contributed by atoms with Gasteiger partial charge in [-0.3, -0.25) is 9.36 Å². The highest BCUT2D eigenvalue weighted by atomic mass is 31.2. The molecule has 5 atom stereocenters. The maximum absolute atomic E-state index is 13.3. The number of imidazole rings is 1. The third-order valence-electron chi connectivity index (χ3n) is 10.9. The van der Waals surface area contributed by atoms with Gasteiger partial charge in [0.1, 0.15) is 41.2 Å². The molecule has 0 radical (unpaired) electrons. The number of nitrogens with zero attached hydrogens (tertiary/aromatic N) is 6. The fraction of sp³-hybridized carbons (Fsp3) is 0.354. The number of aliphatic hydroxyl groups excluding tert-OH is 1. The van der Waals surface area contributed by atoms with Crippen LogP contribution in [-0.2, 0) is 24.1 Å². The molecule has 2 N–H and O–H groups in total. The number of aryl methyl sites for hydroxylation is 1. The van der Waals surface area contributed by atoms with E-state index in [2.05, 4.69) is 26.0 Å². The van der Waals surface area contributed by atoms with Crippen LogP contribution in [0.25, 0.3) is 11.2 Å². The molecule has 0 saturated carbocycles. The molecule has 6 aromatic rings. The van der Waals surface area contributed by atoms with E-state index in [4.69, 9.17) is 33.0 Å². The van der Waals surface area contributed by atoms with Crippen LogP contribution in [-0.4, -0.2) is 93.0 Å². The molecule has 1 fully saturated rings. The van der Waals surface area contributed by atoms with Crippen LogP contribution < -0.4 is 14.8 Å². The van der Waals surface area contributed by atoms with Crippen molar-refractivity contribution in [3.05, 3.63) is 144 Å². The molecule has 1 aliphatic heterocycles. The second-order valence-electron chi connectivity index (χ2n) is 15.8. The number of benzene rings is 4. The zero-order chi connectivity index (χ0) is 45.4. The van der Waals surface area contributed by atoms with Gasteiger partial charge in [0.25, 0.3) is 14.4 Å². The van der Waals surface area contributed by atoms with Crippen LogP contribution in [0.3, 0.4) is 0 Å². The highest BCUT2D eigenvalue weighted by Crippen LogP contribution is 2.51. The molecule has 4 aromatic carbocycles. The monoisotopic (exact) mass is 887 g/mol. The first-order chi connectivity index (χ1) is 31.0. The van der Waals surface area contributed by atoms with Gasteiger partial charge in [0.15, 0.2) is 23.2 Å². The zero-order valence-corrected chi connectivity index (χ0v) is 37.9. The Balaban J connectivity index is 1.32. The lowest BCUT2D eigenvalue weighted by Crippen LogP contribution is -2.42. The Kier molecular flexibility index (Phi) is 15.0. The van der Waals surface area contributed by atoms with Crippen molar-refractivity contribution < 1.29 is 37.9 Å². The molecule has 3 heterocycles. The molecule has 1 amide bonds. The van der Waals surface area contributed by atoms with Gasteiger partial charge in [-0.1, -0.05) is 72.8 Å². The molecule has 1 saturated heterocycles. The lowest BCUT2D eigenvalue weighted by atomic mass is 9.80. The average Bonchev–Trinajstić information content (AvgIpc) is 3.86. The van der Waals surface area contributed by atoms with Crippen molar-refractivity contribution in [2.75, 3.05) is 32.8 Å². The number of nitriles is 1. The van der Waals surface area contributed by atoms with Crippen molar-refractivity contribution in [3.8, 4) is 17.6 Å². The Hall–Kier alpha value is -5.82. The SMILES string of the molecule is COc1ccc(C(OC[C@H]2O[C@@H](n3cnc4c(NC(=O)c5ccccc5)nc(C)nc43)[C@H](O)[C@@H]2OP(OCCC#N)N(C(C)C)C(C)C)(c2ccccc2)c2ccc(OC)cc2)cc1. The summed E-state index contributed by atoms with van der Waals surface area (Å²) in [5.74, 6) is 1.57. The summed E-state index contributed by atoms with van der Waals surface area (Å²) in [6.45, 7) is 9.93. The van der Waals surface area contributed by atoms with Crippen molar-refractivity contribution in [2.24, 2.45) is 0 Å². The number of hydrogen-bond donors (Lipinski definition) is 2. The van der Waals surface area contributed by atoms with E-state index in [1.807, 2.05) is 113 Å². The summed E-state index contributed by atoms with van der Waals surface area (Å²) in [6, 6.07) is 36.2.